The molecule has 1 amide bonds. The first-order chi connectivity index (χ1) is 9.58. The van der Waals surface area contributed by atoms with Gasteiger partial charge in [-0.15, -0.1) is 0 Å². The summed E-state index contributed by atoms with van der Waals surface area (Å²) in [6, 6.07) is 5.93. The van der Waals surface area contributed by atoms with Crippen molar-refractivity contribution in [3.63, 3.8) is 0 Å². The van der Waals surface area contributed by atoms with E-state index in [-0.39, 0.29) is 11.8 Å². The third-order valence-electron chi connectivity index (χ3n) is 4.36. The van der Waals surface area contributed by atoms with E-state index >= 15 is 0 Å². The van der Waals surface area contributed by atoms with Crippen LogP contribution >= 0.6 is 0 Å². The summed E-state index contributed by atoms with van der Waals surface area (Å²) in [6.07, 6.45) is 4.91. The first-order valence-electron chi connectivity index (χ1n) is 7.61. The number of aliphatic hydroxyl groups is 1. The molecule has 2 N–H and O–H groups in total. The van der Waals surface area contributed by atoms with Crippen molar-refractivity contribution in [3.8, 4) is 0 Å². The number of aryl methyl sites for hydroxylation is 2. The van der Waals surface area contributed by atoms with Crippen LogP contribution in [0.4, 0.5) is 0 Å². The number of hydrogen-bond donors (Lipinski definition) is 2. The van der Waals surface area contributed by atoms with Crippen LogP contribution in [0, 0.1) is 19.8 Å². The number of amides is 1. The molecule has 0 spiro atoms. The quantitative estimate of drug-likeness (QED) is 0.887. The molecule has 0 aromatic heterocycles. The lowest BCUT2D eigenvalue weighted by Gasteiger charge is -2.22. The fourth-order valence-corrected chi connectivity index (χ4v) is 2.80. The van der Waals surface area contributed by atoms with Gasteiger partial charge in [0, 0.05) is 12.5 Å². The van der Waals surface area contributed by atoms with Gasteiger partial charge in [-0.2, -0.15) is 0 Å². The summed E-state index contributed by atoms with van der Waals surface area (Å²) in [5.41, 5.74) is 3.25. The lowest BCUT2D eigenvalue weighted by atomic mass is 9.88. The summed E-state index contributed by atoms with van der Waals surface area (Å²) >= 11 is 0. The Morgan fingerprint density at radius 3 is 2.60 bits per heavy atom. The van der Waals surface area contributed by atoms with Crippen molar-refractivity contribution >= 4 is 5.91 Å². The van der Waals surface area contributed by atoms with E-state index in [2.05, 4.69) is 12.2 Å². The van der Waals surface area contributed by atoms with Gasteiger partial charge in [0.15, 0.2) is 0 Å². The Morgan fingerprint density at radius 2 is 1.95 bits per heavy atom. The molecule has 1 aromatic carbocycles. The SMILES string of the molecule is Cc1ccc(C(O)CNC(=O)C2CCCCC2)cc1C. The minimum Gasteiger partial charge on any atom is -0.387 e. The number of benzene rings is 1. The van der Waals surface area contributed by atoms with Gasteiger partial charge in [-0.05, 0) is 43.4 Å². The van der Waals surface area contributed by atoms with Crippen molar-refractivity contribution < 1.29 is 9.90 Å². The second-order valence-electron chi connectivity index (χ2n) is 5.94. The number of aliphatic hydroxyl groups excluding tert-OH is 1. The van der Waals surface area contributed by atoms with E-state index in [1.54, 1.807) is 0 Å². The number of carbonyl (C=O) groups excluding carboxylic acids is 1. The van der Waals surface area contributed by atoms with Crippen molar-refractivity contribution in [1.82, 2.24) is 5.32 Å². The minimum absolute atomic E-state index is 0.104. The van der Waals surface area contributed by atoms with Gasteiger partial charge in [-0.1, -0.05) is 37.5 Å². The van der Waals surface area contributed by atoms with E-state index in [9.17, 15) is 9.90 Å². The summed E-state index contributed by atoms with van der Waals surface area (Å²) in [4.78, 5) is 12.0. The zero-order chi connectivity index (χ0) is 14.5. The van der Waals surface area contributed by atoms with Crippen LogP contribution in [-0.4, -0.2) is 17.6 Å². The molecule has 1 aliphatic rings. The van der Waals surface area contributed by atoms with E-state index in [1.165, 1.54) is 17.5 Å². The van der Waals surface area contributed by atoms with Gasteiger partial charge in [-0.3, -0.25) is 4.79 Å². The monoisotopic (exact) mass is 275 g/mol. The van der Waals surface area contributed by atoms with Gasteiger partial charge in [0.05, 0.1) is 6.10 Å². The van der Waals surface area contributed by atoms with Gasteiger partial charge in [0.2, 0.25) is 5.91 Å². The second kappa shape index (κ2) is 6.89. The number of nitrogens with one attached hydrogen (secondary N) is 1. The standard InChI is InChI=1S/C17H25NO2/c1-12-8-9-15(10-13(12)2)16(19)11-18-17(20)14-6-4-3-5-7-14/h8-10,14,16,19H,3-7,11H2,1-2H3,(H,18,20). The third kappa shape index (κ3) is 3.83. The van der Waals surface area contributed by atoms with Crippen molar-refractivity contribution in [2.75, 3.05) is 6.54 Å². The maximum absolute atomic E-state index is 12.0. The van der Waals surface area contributed by atoms with Crippen LogP contribution in [0.1, 0.15) is 54.9 Å². The molecule has 1 saturated carbocycles. The molecule has 1 atom stereocenters. The van der Waals surface area contributed by atoms with E-state index in [4.69, 9.17) is 0 Å². The molecule has 3 nitrogen and oxygen atoms in total. The predicted molar refractivity (Wildman–Crippen MR) is 80.5 cm³/mol. The number of carbonyl (C=O) groups is 1. The van der Waals surface area contributed by atoms with Gasteiger partial charge >= 0.3 is 0 Å². The van der Waals surface area contributed by atoms with Crippen LogP contribution in [0.3, 0.4) is 0 Å². The summed E-state index contributed by atoms with van der Waals surface area (Å²) in [6.45, 7) is 4.39. The van der Waals surface area contributed by atoms with Gasteiger partial charge < -0.3 is 10.4 Å². The minimum atomic E-state index is -0.623. The van der Waals surface area contributed by atoms with E-state index < -0.39 is 6.10 Å². The van der Waals surface area contributed by atoms with Crippen LogP contribution < -0.4 is 5.32 Å². The Balaban J connectivity index is 1.86. The molecule has 1 fully saturated rings. The van der Waals surface area contributed by atoms with Crippen molar-refractivity contribution in [1.29, 1.82) is 0 Å². The molecule has 0 heterocycles. The summed E-state index contributed by atoms with van der Waals surface area (Å²) in [7, 11) is 0. The molecule has 0 aliphatic heterocycles. The Morgan fingerprint density at radius 1 is 1.25 bits per heavy atom. The van der Waals surface area contributed by atoms with Gasteiger partial charge in [0.1, 0.15) is 0 Å². The van der Waals surface area contributed by atoms with Crippen LogP contribution in [0.2, 0.25) is 0 Å². The molecule has 1 aliphatic carbocycles. The highest BCUT2D eigenvalue weighted by atomic mass is 16.3. The Labute approximate surface area is 121 Å². The molecule has 20 heavy (non-hydrogen) atoms. The van der Waals surface area contributed by atoms with E-state index in [1.807, 2.05) is 25.1 Å². The first kappa shape index (κ1) is 15.0. The average molecular weight is 275 g/mol. The van der Waals surface area contributed by atoms with Crippen LogP contribution in [0.5, 0.6) is 0 Å². The Kier molecular flexibility index (Phi) is 5.18. The normalized spacial score (nSPS) is 17.8. The van der Waals surface area contributed by atoms with Crippen molar-refractivity contribution in [2.45, 2.75) is 52.1 Å². The Bertz CT molecular complexity index is 464. The second-order valence-corrected chi connectivity index (χ2v) is 5.94. The average Bonchev–Trinajstić information content (AvgIpc) is 2.48. The lowest BCUT2D eigenvalue weighted by molar-refractivity contribution is -0.126. The smallest absolute Gasteiger partial charge is 0.223 e. The number of rotatable bonds is 4. The van der Waals surface area contributed by atoms with Crippen molar-refractivity contribution in [3.05, 3.63) is 34.9 Å². The highest BCUT2D eigenvalue weighted by molar-refractivity contribution is 5.78. The fourth-order valence-electron chi connectivity index (χ4n) is 2.80. The molecule has 3 heteroatoms. The van der Waals surface area contributed by atoms with Gasteiger partial charge in [0.25, 0.3) is 0 Å². The summed E-state index contributed by atoms with van der Waals surface area (Å²) < 4.78 is 0. The molecule has 0 saturated heterocycles. The summed E-state index contributed by atoms with van der Waals surface area (Å²) in [5, 5.41) is 13.1. The first-order valence-corrected chi connectivity index (χ1v) is 7.61. The molecular weight excluding hydrogens is 250 g/mol. The fraction of sp³-hybridized carbons (Fsp3) is 0.588. The highest BCUT2D eigenvalue weighted by Gasteiger charge is 2.21. The molecule has 1 unspecified atom stereocenters. The van der Waals surface area contributed by atoms with Crippen LogP contribution in [0.15, 0.2) is 18.2 Å². The number of hydrogen-bond acceptors (Lipinski definition) is 2. The van der Waals surface area contributed by atoms with Crippen LogP contribution in [-0.2, 0) is 4.79 Å². The Hall–Kier alpha value is -1.35. The van der Waals surface area contributed by atoms with Crippen molar-refractivity contribution in [2.24, 2.45) is 5.92 Å². The zero-order valence-corrected chi connectivity index (χ0v) is 12.5. The van der Waals surface area contributed by atoms with Gasteiger partial charge in [-0.25, -0.2) is 0 Å². The highest BCUT2D eigenvalue weighted by Crippen LogP contribution is 2.24. The third-order valence-corrected chi connectivity index (χ3v) is 4.36. The molecular formula is C17H25NO2. The largest absolute Gasteiger partial charge is 0.387 e. The topological polar surface area (TPSA) is 49.3 Å². The summed E-state index contributed by atoms with van der Waals surface area (Å²) in [5.74, 6) is 0.253. The zero-order valence-electron chi connectivity index (χ0n) is 12.5. The molecule has 0 radical (unpaired) electrons. The maximum Gasteiger partial charge on any atom is 0.223 e. The molecule has 0 bridgehead atoms. The lowest BCUT2D eigenvalue weighted by Crippen LogP contribution is -2.34. The predicted octanol–water partition coefficient (Wildman–Crippen LogP) is 3.03. The molecule has 2 rings (SSSR count). The molecule has 1 aromatic rings. The van der Waals surface area contributed by atoms with E-state index in [0.29, 0.717) is 6.54 Å². The maximum atomic E-state index is 12.0. The van der Waals surface area contributed by atoms with Crippen LogP contribution in [0.25, 0.3) is 0 Å². The van der Waals surface area contributed by atoms with E-state index in [0.717, 1.165) is 31.2 Å². The molecule has 110 valence electrons.